The van der Waals surface area contributed by atoms with Gasteiger partial charge >= 0.3 is 12.1 Å². The second-order valence-corrected chi connectivity index (χ2v) is 10.1. The van der Waals surface area contributed by atoms with Crippen LogP contribution in [0.2, 0.25) is 0 Å². The first-order valence-electron chi connectivity index (χ1n) is 12.5. The van der Waals surface area contributed by atoms with E-state index in [4.69, 9.17) is 10.5 Å². The first-order valence-corrected chi connectivity index (χ1v) is 12.5. The molecule has 0 radical (unpaired) electrons. The molecule has 3 aromatic rings. The lowest BCUT2D eigenvalue weighted by Crippen LogP contribution is -2.41. The van der Waals surface area contributed by atoms with Crippen LogP contribution < -0.4 is 20.7 Å². The molecule has 1 spiro atoms. The molecule has 3 heterocycles. The molecule has 206 valence electrons. The Balaban J connectivity index is 1.32. The summed E-state index contributed by atoms with van der Waals surface area (Å²) in [6.45, 7) is 1.67. The van der Waals surface area contributed by atoms with Crippen LogP contribution in [-0.4, -0.2) is 52.9 Å². The average Bonchev–Trinajstić information content (AvgIpc) is 3.31. The zero-order valence-corrected chi connectivity index (χ0v) is 20.8. The summed E-state index contributed by atoms with van der Waals surface area (Å²) in [5, 5.41) is 12.3. The molecule has 0 amide bonds. The standard InChI is InChI=1S/C27H27F4N5O3/c28-19-3-1-2-18(12-19)16-4-6-17(7-5-16)23(27(29,30)31)39-22-13-21(34-25(32)35-22)36-10-8-26(9-11-36)14-20(24(37)38)33-15-26/h1-7,12-13,20,23,33H,8-11,14-15H2,(H,37,38)(H2,32,34,35). The molecule has 2 saturated heterocycles. The highest BCUT2D eigenvalue weighted by Crippen LogP contribution is 2.41. The van der Waals surface area contributed by atoms with Crippen molar-refractivity contribution in [2.24, 2.45) is 5.41 Å². The lowest BCUT2D eigenvalue weighted by atomic mass is 9.76. The van der Waals surface area contributed by atoms with Crippen LogP contribution in [-0.2, 0) is 4.79 Å². The van der Waals surface area contributed by atoms with Gasteiger partial charge in [-0.3, -0.25) is 4.79 Å². The Hall–Kier alpha value is -3.93. The Bertz CT molecular complexity index is 1340. The largest absolute Gasteiger partial charge is 0.480 e. The van der Waals surface area contributed by atoms with E-state index in [9.17, 15) is 27.5 Å². The maximum Gasteiger partial charge on any atom is 0.429 e. The normalized spacial score (nSPS) is 19.7. The van der Waals surface area contributed by atoms with Gasteiger partial charge in [-0.2, -0.15) is 23.1 Å². The number of nitrogen functional groups attached to an aromatic ring is 1. The number of nitrogens with one attached hydrogen (secondary N) is 1. The van der Waals surface area contributed by atoms with Crippen LogP contribution in [0.1, 0.15) is 30.9 Å². The molecule has 0 saturated carbocycles. The second kappa shape index (κ2) is 10.3. The number of rotatable bonds is 6. The zero-order chi connectivity index (χ0) is 27.8. The SMILES string of the molecule is Nc1nc(OC(c2ccc(-c3cccc(F)c3)cc2)C(F)(F)F)cc(N2CCC3(CC2)CNC(C(=O)O)C3)n1. The summed E-state index contributed by atoms with van der Waals surface area (Å²) in [7, 11) is 0. The maximum absolute atomic E-state index is 14.1. The number of benzene rings is 2. The van der Waals surface area contributed by atoms with Gasteiger partial charge in [0.1, 0.15) is 17.7 Å². The van der Waals surface area contributed by atoms with Gasteiger partial charge in [-0.25, -0.2) is 4.39 Å². The van der Waals surface area contributed by atoms with Gasteiger partial charge in [-0.05, 0) is 47.9 Å². The van der Waals surface area contributed by atoms with E-state index in [1.807, 2.05) is 4.90 Å². The van der Waals surface area contributed by atoms with Crippen molar-refractivity contribution in [3.05, 3.63) is 66.0 Å². The summed E-state index contributed by atoms with van der Waals surface area (Å²) in [6, 6.07) is 12.1. The molecule has 8 nitrogen and oxygen atoms in total. The summed E-state index contributed by atoms with van der Waals surface area (Å²) in [4.78, 5) is 21.3. The smallest absolute Gasteiger partial charge is 0.429 e. The van der Waals surface area contributed by atoms with Crippen LogP contribution in [0.3, 0.4) is 0 Å². The predicted molar refractivity (Wildman–Crippen MR) is 136 cm³/mol. The third-order valence-electron chi connectivity index (χ3n) is 7.42. The first kappa shape index (κ1) is 26.7. The molecule has 2 aromatic carbocycles. The van der Waals surface area contributed by atoms with Crippen molar-refractivity contribution in [2.75, 3.05) is 30.3 Å². The lowest BCUT2D eigenvalue weighted by molar-refractivity contribution is -0.198. The number of alkyl halides is 3. The van der Waals surface area contributed by atoms with Gasteiger partial charge in [0.2, 0.25) is 17.9 Å². The number of anilines is 2. The fraction of sp³-hybridized carbons (Fsp3) is 0.370. The number of carboxylic acid groups (broad SMARTS) is 1. The Labute approximate surface area is 221 Å². The number of halogens is 4. The Kier molecular flexibility index (Phi) is 7.06. The molecule has 0 bridgehead atoms. The molecule has 1 aromatic heterocycles. The van der Waals surface area contributed by atoms with E-state index in [-0.39, 0.29) is 22.8 Å². The molecule has 2 aliphatic rings. The minimum atomic E-state index is -4.76. The van der Waals surface area contributed by atoms with Crippen molar-refractivity contribution in [3.8, 4) is 17.0 Å². The molecule has 2 aliphatic heterocycles. The number of hydrogen-bond donors (Lipinski definition) is 3. The molecule has 2 atom stereocenters. The molecule has 5 rings (SSSR count). The van der Waals surface area contributed by atoms with Gasteiger partial charge < -0.3 is 25.8 Å². The summed E-state index contributed by atoms with van der Waals surface area (Å²) >= 11 is 0. The summed E-state index contributed by atoms with van der Waals surface area (Å²) in [6.07, 6.45) is -5.14. The van der Waals surface area contributed by atoms with E-state index in [1.165, 1.54) is 48.5 Å². The van der Waals surface area contributed by atoms with Gasteiger partial charge in [-0.1, -0.05) is 36.4 Å². The van der Waals surface area contributed by atoms with Crippen molar-refractivity contribution in [1.29, 1.82) is 0 Å². The second-order valence-electron chi connectivity index (χ2n) is 10.1. The van der Waals surface area contributed by atoms with Crippen LogP contribution in [0, 0.1) is 11.2 Å². The van der Waals surface area contributed by atoms with Crippen molar-refractivity contribution in [1.82, 2.24) is 15.3 Å². The minimum Gasteiger partial charge on any atom is -0.480 e. The fourth-order valence-corrected chi connectivity index (χ4v) is 5.30. The molecular weight excluding hydrogens is 518 g/mol. The van der Waals surface area contributed by atoms with Crippen molar-refractivity contribution in [3.63, 3.8) is 0 Å². The quantitative estimate of drug-likeness (QED) is 0.386. The predicted octanol–water partition coefficient (Wildman–Crippen LogP) is 4.58. The Morgan fingerprint density at radius 1 is 1.10 bits per heavy atom. The number of nitrogens with zero attached hydrogens (tertiary/aromatic N) is 3. The third kappa shape index (κ3) is 5.90. The van der Waals surface area contributed by atoms with Crippen LogP contribution >= 0.6 is 0 Å². The van der Waals surface area contributed by atoms with Gasteiger partial charge in [0.15, 0.2) is 0 Å². The average molecular weight is 546 g/mol. The first-order chi connectivity index (χ1) is 18.5. The van der Waals surface area contributed by atoms with Gasteiger partial charge in [0, 0.05) is 31.3 Å². The number of carboxylic acids is 1. The van der Waals surface area contributed by atoms with Crippen molar-refractivity contribution >= 4 is 17.7 Å². The van der Waals surface area contributed by atoms with E-state index >= 15 is 0 Å². The number of aliphatic carboxylic acids is 1. The van der Waals surface area contributed by atoms with E-state index in [1.54, 1.807) is 6.07 Å². The van der Waals surface area contributed by atoms with Gasteiger partial charge in [-0.15, -0.1) is 0 Å². The number of carbonyl (C=O) groups is 1. The number of hydrogen-bond acceptors (Lipinski definition) is 7. The monoisotopic (exact) mass is 545 g/mol. The number of ether oxygens (including phenoxy) is 1. The molecule has 0 aliphatic carbocycles. The zero-order valence-electron chi connectivity index (χ0n) is 20.8. The number of aromatic nitrogens is 2. The van der Waals surface area contributed by atoms with Gasteiger partial charge in [0.05, 0.1) is 0 Å². The molecule has 39 heavy (non-hydrogen) atoms. The Morgan fingerprint density at radius 2 is 1.82 bits per heavy atom. The fourth-order valence-electron chi connectivity index (χ4n) is 5.30. The summed E-state index contributed by atoms with van der Waals surface area (Å²) in [5.41, 5.74) is 6.64. The number of nitrogens with two attached hydrogens (primary N) is 1. The van der Waals surface area contributed by atoms with Crippen LogP contribution in [0.4, 0.5) is 29.3 Å². The highest BCUT2D eigenvalue weighted by atomic mass is 19.4. The number of piperidine rings is 1. The lowest BCUT2D eigenvalue weighted by Gasteiger charge is -2.39. The van der Waals surface area contributed by atoms with Gasteiger partial charge in [0.25, 0.3) is 0 Å². The minimum absolute atomic E-state index is 0.142. The van der Waals surface area contributed by atoms with Crippen LogP contribution in [0.25, 0.3) is 11.1 Å². The van der Waals surface area contributed by atoms with E-state index in [0.29, 0.717) is 55.8 Å². The van der Waals surface area contributed by atoms with E-state index in [2.05, 4.69) is 15.3 Å². The van der Waals surface area contributed by atoms with Crippen molar-refractivity contribution in [2.45, 2.75) is 37.6 Å². The topological polar surface area (TPSA) is 114 Å². The molecule has 2 fully saturated rings. The summed E-state index contributed by atoms with van der Waals surface area (Å²) < 4.78 is 61.1. The molecule has 12 heteroatoms. The van der Waals surface area contributed by atoms with Crippen molar-refractivity contribution < 1.29 is 32.2 Å². The van der Waals surface area contributed by atoms with Crippen LogP contribution in [0.15, 0.2) is 54.6 Å². The maximum atomic E-state index is 14.1. The highest BCUT2D eigenvalue weighted by Gasteiger charge is 2.45. The van der Waals surface area contributed by atoms with E-state index < -0.39 is 30.1 Å². The molecule has 4 N–H and O–H groups in total. The molecule has 2 unspecified atom stereocenters. The molecular formula is C27H27F4N5O3. The van der Waals surface area contributed by atoms with E-state index in [0.717, 1.165) is 0 Å². The Morgan fingerprint density at radius 3 is 2.44 bits per heavy atom. The summed E-state index contributed by atoms with van der Waals surface area (Å²) in [5.74, 6) is -1.52. The van der Waals surface area contributed by atoms with Crippen LogP contribution in [0.5, 0.6) is 5.88 Å². The highest BCUT2D eigenvalue weighted by molar-refractivity contribution is 5.74. The third-order valence-corrected chi connectivity index (χ3v) is 7.42.